The number of rotatable bonds is 3. The molecular weight excluding hydrogens is 203 g/mol. The monoisotopic (exact) mass is 222 g/mol. The highest BCUT2D eigenvalue weighted by molar-refractivity contribution is 5.20. The Morgan fingerprint density at radius 1 is 1.25 bits per heavy atom. The summed E-state index contributed by atoms with van der Waals surface area (Å²) in [7, 11) is 0. The molecule has 0 N–H and O–H groups in total. The van der Waals surface area contributed by atoms with E-state index in [0.717, 1.165) is 25.9 Å². The Balaban J connectivity index is 1.91. The van der Waals surface area contributed by atoms with Crippen molar-refractivity contribution in [1.82, 2.24) is 0 Å². The lowest BCUT2D eigenvalue weighted by atomic mass is 9.90. The lowest BCUT2D eigenvalue weighted by Gasteiger charge is -2.29. The molecule has 0 radical (unpaired) electrons. The van der Waals surface area contributed by atoms with Gasteiger partial charge >= 0.3 is 0 Å². The van der Waals surface area contributed by atoms with Crippen molar-refractivity contribution in [3.05, 3.63) is 35.6 Å². The van der Waals surface area contributed by atoms with E-state index in [1.807, 2.05) is 12.1 Å². The minimum Gasteiger partial charge on any atom is -0.378 e. The third kappa shape index (κ3) is 2.82. The first-order valence-electron chi connectivity index (χ1n) is 6.16. The van der Waals surface area contributed by atoms with Crippen molar-refractivity contribution in [2.24, 2.45) is 0 Å². The predicted octanol–water partition coefficient (Wildman–Crippen LogP) is 3.89. The molecule has 2 unspecified atom stereocenters. The quantitative estimate of drug-likeness (QED) is 0.754. The molecule has 1 aliphatic rings. The van der Waals surface area contributed by atoms with Gasteiger partial charge in [0.05, 0.1) is 12.7 Å². The lowest BCUT2D eigenvalue weighted by molar-refractivity contribution is -0.00112. The highest BCUT2D eigenvalue weighted by Gasteiger charge is 2.22. The molecule has 1 heterocycles. The van der Waals surface area contributed by atoms with Crippen LogP contribution in [0.1, 0.15) is 44.1 Å². The fourth-order valence-corrected chi connectivity index (χ4v) is 2.35. The molecular formula is C14H19FO. The van der Waals surface area contributed by atoms with Crippen molar-refractivity contribution in [3.63, 3.8) is 0 Å². The van der Waals surface area contributed by atoms with E-state index in [4.69, 9.17) is 4.74 Å². The maximum Gasteiger partial charge on any atom is 0.123 e. The molecule has 1 aliphatic heterocycles. The van der Waals surface area contributed by atoms with Crippen LogP contribution in [-0.4, -0.2) is 12.7 Å². The first-order valence-corrected chi connectivity index (χ1v) is 6.16. The van der Waals surface area contributed by atoms with E-state index in [9.17, 15) is 4.39 Å². The Morgan fingerprint density at radius 3 is 2.56 bits per heavy atom. The van der Waals surface area contributed by atoms with Gasteiger partial charge in [0.15, 0.2) is 0 Å². The van der Waals surface area contributed by atoms with Gasteiger partial charge in [-0.2, -0.15) is 0 Å². The summed E-state index contributed by atoms with van der Waals surface area (Å²) in [4.78, 5) is 0. The van der Waals surface area contributed by atoms with E-state index in [1.165, 1.54) is 24.1 Å². The van der Waals surface area contributed by atoms with Crippen molar-refractivity contribution in [2.75, 3.05) is 6.61 Å². The van der Waals surface area contributed by atoms with Crippen LogP contribution in [0.25, 0.3) is 0 Å². The van der Waals surface area contributed by atoms with E-state index in [-0.39, 0.29) is 5.82 Å². The summed E-state index contributed by atoms with van der Waals surface area (Å²) in [6, 6.07) is 6.83. The van der Waals surface area contributed by atoms with E-state index in [0.29, 0.717) is 12.0 Å². The van der Waals surface area contributed by atoms with E-state index >= 15 is 0 Å². The predicted molar refractivity (Wildman–Crippen MR) is 63.0 cm³/mol. The average Bonchev–Trinajstić information content (AvgIpc) is 2.32. The van der Waals surface area contributed by atoms with Gasteiger partial charge in [0.2, 0.25) is 0 Å². The molecule has 1 saturated heterocycles. The molecule has 0 spiro atoms. The van der Waals surface area contributed by atoms with Crippen LogP contribution in [0.15, 0.2) is 24.3 Å². The SMILES string of the molecule is CCCC1CCC(c2ccc(F)cc2)CO1. The minimum atomic E-state index is -0.163. The van der Waals surface area contributed by atoms with Gasteiger partial charge in [0, 0.05) is 5.92 Å². The van der Waals surface area contributed by atoms with Gasteiger partial charge < -0.3 is 4.74 Å². The number of hydrogen-bond acceptors (Lipinski definition) is 1. The highest BCUT2D eigenvalue weighted by Crippen LogP contribution is 2.29. The van der Waals surface area contributed by atoms with Crippen LogP contribution in [0.2, 0.25) is 0 Å². The second kappa shape index (κ2) is 5.44. The normalized spacial score (nSPS) is 25.6. The van der Waals surface area contributed by atoms with Crippen LogP contribution < -0.4 is 0 Å². The van der Waals surface area contributed by atoms with E-state index in [1.54, 1.807) is 0 Å². The van der Waals surface area contributed by atoms with Gasteiger partial charge in [-0.05, 0) is 37.0 Å². The van der Waals surface area contributed by atoms with Gasteiger partial charge in [-0.25, -0.2) is 4.39 Å². The molecule has 0 amide bonds. The van der Waals surface area contributed by atoms with E-state index < -0.39 is 0 Å². The molecule has 2 heteroatoms. The Hall–Kier alpha value is -0.890. The fraction of sp³-hybridized carbons (Fsp3) is 0.571. The van der Waals surface area contributed by atoms with Gasteiger partial charge in [-0.3, -0.25) is 0 Å². The summed E-state index contributed by atoms with van der Waals surface area (Å²) < 4.78 is 18.6. The van der Waals surface area contributed by atoms with Gasteiger partial charge in [-0.1, -0.05) is 25.5 Å². The molecule has 88 valence electrons. The second-order valence-electron chi connectivity index (χ2n) is 4.57. The summed E-state index contributed by atoms with van der Waals surface area (Å²) in [6.07, 6.45) is 5.09. The summed E-state index contributed by atoms with van der Waals surface area (Å²) in [5.41, 5.74) is 1.20. The van der Waals surface area contributed by atoms with Crippen LogP contribution in [0.5, 0.6) is 0 Å². The average molecular weight is 222 g/mol. The summed E-state index contributed by atoms with van der Waals surface area (Å²) in [5.74, 6) is 0.290. The Kier molecular flexibility index (Phi) is 3.94. The van der Waals surface area contributed by atoms with Crippen molar-refractivity contribution in [1.29, 1.82) is 0 Å². The maximum atomic E-state index is 12.8. The molecule has 1 aromatic carbocycles. The Labute approximate surface area is 96.6 Å². The maximum absolute atomic E-state index is 12.8. The lowest BCUT2D eigenvalue weighted by Crippen LogP contribution is -2.24. The smallest absolute Gasteiger partial charge is 0.123 e. The standard InChI is InChI=1S/C14H19FO/c1-2-3-14-9-6-12(10-16-14)11-4-7-13(15)8-5-11/h4-5,7-8,12,14H,2-3,6,9-10H2,1H3. The Morgan fingerprint density at radius 2 is 2.00 bits per heavy atom. The molecule has 16 heavy (non-hydrogen) atoms. The summed E-state index contributed by atoms with van der Waals surface area (Å²) in [5, 5.41) is 0. The van der Waals surface area contributed by atoms with Crippen LogP contribution in [0, 0.1) is 5.82 Å². The molecule has 2 atom stereocenters. The second-order valence-corrected chi connectivity index (χ2v) is 4.57. The topological polar surface area (TPSA) is 9.23 Å². The highest BCUT2D eigenvalue weighted by atomic mass is 19.1. The molecule has 1 nitrogen and oxygen atoms in total. The zero-order chi connectivity index (χ0) is 11.4. The summed E-state index contributed by atoms with van der Waals surface area (Å²) in [6.45, 7) is 2.98. The molecule has 1 aromatic rings. The molecule has 1 fully saturated rings. The van der Waals surface area contributed by atoms with Crippen molar-refractivity contribution < 1.29 is 9.13 Å². The van der Waals surface area contributed by atoms with Crippen LogP contribution in [-0.2, 0) is 4.74 Å². The van der Waals surface area contributed by atoms with Crippen molar-refractivity contribution in [3.8, 4) is 0 Å². The number of hydrogen-bond donors (Lipinski definition) is 0. The van der Waals surface area contributed by atoms with Crippen molar-refractivity contribution >= 4 is 0 Å². The van der Waals surface area contributed by atoms with Gasteiger partial charge in [0.25, 0.3) is 0 Å². The van der Waals surface area contributed by atoms with Crippen LogP contribution >= 0.6 is 0 Å². The number of ether oxygens (including phenoxy) is 1. The zero-order valence-electron chi connectivity index (χ0n) is 9.79. The molecule has 2 rings (SSSR count). The summed E-state index contributed by atoms with van der Waals surface area (Å²) >= 11 is 0. The Bertz CT molecular complexity index is 312. The van der Waals surface area contributed by atoms with Gasteiger partial charge in [0.1, 0.15) is 5.82 Å². The van der Waals surface area contributed by atoms with Crippen molar-refractivity contribution in [2.45, 2.75) is 44.6 Å². The molecule has 0 aliphatic carbocycles. The largest absolute Gasteiger partial charge is 0.378 e. The number of benzene rings is 1. The fourth-order valence-electron chi connectivity index (χ4n) is 2.35. The minimum absolute atomic E-state index is 0.163. The molecule has 0 bridgehead atoms. The first kappa shape index (κ1) is 11.6. The van der Waals surface area contributed by atoms with E-state index in [2.05, 4.69) is 6.92 Å². The van der Waals surface area contributed by atoms with Crippen LogP contribution in [0.3, 0.4) is 0 Å². The van der Waals surface area contributed by atoms with Gasteiger partial charge in [-0.15, -0.1) is 0 Å². The first-order chi connectivity index (χ1) is 7.79. The molecule has 0 aromatic heterocycles. The molecule has 0 saturated carbocycles. The number of halogens is 1. The third-order valence-electron chi connectivity index (χ3n) is 3.32. The third-order valence-corrected chi connectivity index (χ3v) is 3.32. The van der Waals surface area contributed by atoms with Crippen LogP contribution in [0.4, 0.5) is 4.39 Å². The zero-order valence-corrected chi connectivity index (χ0v) is 9.79.